The molecule has 19 heavy (non-hydrogen) atoms. The third-order valence-corrected chi connectivity index (χ3v) is 2.71. The van der Waals surface area contributed by atoms with E-state index in [-0.39, 0.29) is 0 Å². The Hall–Kier alpha value is 0.1000. The lowest BCUT2D eigenvalue weighted by atomic mass is 10.00. The van der Waals surface area contributed by atoms with Gasteiger partial charge in [-0.2, -0.15) is 0 Å². The number of ether oxygens (including phenoxy) is 1. The molecule has 0 saturated carbocycles. The summed E-state index contributed by atoms with van der Waals surface area (Å²) in [6.45, 7) is -0.526. The van der Waals surface area contributed by atoms with E-state index in [9.17, 15) is 4.79 Å². The Morgan fingerprint density at radius 1 is 1.11 bits per heavy atom. The lowest BCUT2D eigenvalue weighted by Gasteiger charge is -2.37. The van der Waals surface area contributed by atoms with Crippen LogP contribution in [0.2, 0.25) is 0 Å². The largest absolute Gasteiger partial charge is 0.394 e. The van der Waals surface area contributed by atoms with Crippen LogP contribution in [0.15, 0.2) is 0 Å². The van der Waals surface area contributed by atoms with Crippen LogP contribution in [0.25, 0.3) is 0 Å². The van der Waals surface area contributed by atoms with Crippen LogP contribution in [-0.4, -0.2) is 72.5 Å². The zero-order chi connectivity index (χ0) is 15.4. The number of nitrogens with two attached hydrogens (primary N) is 1. The van der Waals surface area contributed by atoms with Gasteiger partial charge in [0, 0.05) is 0 Å². The van der Waals surface area contributed by atoms with Gasteiger partial charge in [0.25, 0.3) is 9.70 Å². The highest BCUT2D eigenvalue weighted by atomic mass is 35.6. The van der Waals surface area contributed by atoms with Gasteiger partial charge in [0.05, 0.1) is 6.61 Å². The summed E-state index contributed by atoms with van der Waals surface area (Å²) in [5, 5.41) is 44.7. The fourth-order valence-electron chi connectivity index (χ4n) is 1.08. The normalized spacial score (nSPS) is 35.3. The molecule has 0 aromatic rings. The first-order valence-electron chi connectivity index (χ1n) is 4.87. The lowest BCUT2D eigenvalue weighted by molar-refractivity contribution is -0.286. The van der Waals surface area contributed by atoms with Crippen LogP contribution < -0.4 is 5.73 Å². The summed E-state index contributed by atoms with van der Waals surface area (Å²) >= 11 is 14.8. The summed E-state index contributed by atoms with van der Waals surface area (Å²) < 4.78 is 2.63. The zero-order valence-corrected chi connectivity index (χ0v) is 11.6. The minimum atomic E-state index is -1.94. The van der Waals surface area contributed by atoms with Gasteiger partial charge in [-0.3, -0.25) is 4.79 Å². The molecule has 1 saturated heterocycles. The molecule has 8 nitrogen and oxygen atoms in total. The van der Waals surface area contributed by atoms with Crippen molar-refractivity contribution in [3.63, 3.8) is 0 Å². The van der Waals surface area contributed by atoms with Crippen molar-refractivity contribution in [3.8, 4) is 0 Å². The number of primary amides is 1. The van der Waals surface area contributed by atoms with Crippen molar-refractivity contribution >= 4 is 40.7 Å². The summed E-state index contributed by atoms with van der Waals surface area (Å²) in [4.78, 5) is 9.85. The maximum atomic E-state index is 9.85. The summed E-state index contributed by atoms with van der Waals surface area (Å²) in [5.41, 5.74) is 4.53. The van der Waals surface area contributed by atoms with Gasteiger partial charge in [0.2, 0.25) is 0 Å². The van der Waals surface area contributed by atoms with Gasteiger partial charge < -0.3 is 36.0 Å². The molecule has 5 atom stereocenters. The van der Waals surface area contributed by atoms with E-state index in [1.807, 2.05) is 0 Å². The van der Waals surface area contributed by atoms with Crippen molar-refractivity contribution in [2.45, 2.75) is 34.5 Å². The number of carbonyl (C=O) groups is 1. The fraction of sp³-hybridized carbons (Fsp3) is 0.875. The Labute approximate surface area is 123 Å². The van der Waals surface area contributed by atoms with Crippen molar-refractivity contribution in [2.24, 2.45) is 5.73 Å². The standard InChI is InChI=1S/C6H12O6.C2H2Cl3NO/c7-1-2-3(8)4(9)5(10)6(11)12-2;3-2(4,5)1(6)7/h2-11H,1H2;(H2,6,7)/t2-,3-,4+,5-,6?;/m1./s1. The van der Waals surface area contributed by atoms with Crippen LogP contribution in [0.5, 0.6) is 0 Å². The van der Waals surface area contributed by atoms with E-state index in [4.69, 9.17) is 60.3 Å². The molecule has 114 valence electrons. The molecule has 0 aromatic heterocycles. The molecule has 0 spiro atoms. The molecule has 0 aromatic carbocycles. The summed E-state index contributed by atoms with van der Waals surface area (Å²) in [6.07, 6.45) is -7.04. The number of hydrogen-bond acceptors (Lipinski definition) is 7. The van der Waals surface area contributed by atoms with Crippen molar-refractivity contribution in [2.75, 3.05) is 6.61 Å². The molecular formula is C8H14Cl3NO7. The van der Waals surface area contributed by atoms with E-state index in [1.54, 1.807) is 0 Å². The second kappa shape index (κ2) is 7.77. The molecule has 1 amide bonds. The second-order valence-corrected chi connectivity index (χ2v) is 5.86. The number of hydrogen-bond donors (Lipinski definition) is 6. The number of alkyl halides is 3. The predicted octanol–water partition coefficient (Wildman–Crippen LogP) is -2.38. The van der Waals surface area contributed by atoms with Gasteiger partial charge in [-0.15, -0.1) is 0 Å². The summed E-state index contributed by atoms with van der Waals surface area (Å²) in [6, 6.07) is 0. The van der Waals surface area contributed by atoms with Gasteiger partial charge in [0.1, 0.15) is 24.4 Å². The maximum Gasteiger partial charge on any atom is 0.269 e. The topological polar surface area (TPSA) is 153 Å². The first kappa shape index (κ1) is 19.1. The first-order chi connectivity index (χ1) is 8.52. The van der Waals surface area contributed by atoms with Crippen LogP contribution in [0.1, 0.15) is 0 Å². The predicted molar refractivity (Wildman–Crippen MR) is 65.5 cm³/mol. The van der Waals surface area contributed by atoms with E-state index >= 15 is 0 Å². The highest BCUT2D eigenvalue weighted by molar-refractivity contribution is 6.76. The van der Waals surface area contributed by atoms with Gasteiger partial charge in [0.15, 0.2) is 6.29 Å². The third kappa shape index (κ3) is 5.94. The van der Waals surface area contributed by atoms with E-state index in [2.05, 4.69) is 10.5 Å². The van der Waals surface area contributed by atoms with E-state index in [0.29, 0.717) is 0 Å². The number of amides is 1. The van der Waals surface area contributed by atoms with Crippen molar-refractivity contribution in [1.82, 2.24) is 0 Å². The SMILES string of the molecule is NC(=O)C(Cl)(Cl)Cl.OC[C@H]1OC(O)[C@H](O)[C@@H](O)[C@@H]1O. The minimum Gasteiger partial charge on any atom is -0.394 e. The molecule has 1 unspecified atom stereocenters. The lowest BCUT2D eigenvalue weighted by Crippen LogP contribution is -2.58. The Kier molecular flexibility index (Phi) is 7.81. The molecular weight excluding hydrogens is 328 g/mol. The fourth-order valence-corrected chi connectivity index (χ4v) is 1.08. The molecule has 7 N–H and O–H groups in total. The molecule has 11 heteroatoms. The minimum absolute atomic E-state index is 0.526. The van der Waals surface area contributed by atoms with Crippen LogP contribution in [0.4, 0.5) is 0 Å². The second-order valence-electron chi connectivity index (χ2n) is 3.58. The molecule has 0 aliphatic carbocycles. The van der Waals surface area contributed by atoms with Crippen LogP contribution in [0.3, 0.4) is 0 Å². The summed E-state index contributed by atoms with van der Waals surface area (Å²) in [7, 11) is 0. The molecule has 1 fully saturated rings. The monoisotopic (exact) mass is 341 g/mol. The van der Waals surface area contributed by atoms with Gasteiger partial charge in [-0.05, 0) is 0 Å². The highest BCUT2D eigenvalue weighted by Gasteiger charge is 2.42. The number of carbonyl (C=O) groups excluding carboxylic acids is 1. The molecule has 0 radical (unpaired) electrons. The van der Waals surface area contributed by atoms with E-state index < -0.39 is 47.0 Å². The molecule has 1 aliphatic heterocycles. The Morgan fingerprint density at radius 3 is 1.84 bits per heavy atom. The average molecular weight is 343 g/mol. The zero-order valence-electron chi connectivity index (χ0n) is 9.36. The Balaban J connectivity index is 0.000000399. The summed E-state index contributed by atoms with van der Waals surface area (Å²) in [5.74, 6) is -0.961. The van der Waals surface area contributed by atoms with Crippen molar-refractivity contribution in [3.05, 3.63) is 0 Å². The molecule has 0 bridgehead atoms. The molecule has 1 rings (SSSR count). The number of aliphatic hydroxyl groups is 5. The molecule has 1 aliphatic rings. The van der Waals surface area contributed by atoms with Gasteiger partial charge >= 0.3 is 0 Å². The smallest absolute Gasteiger partial charge is 0.269 e. The van der Waals surface area contributed by atoms with Crippen LogP contribution in [0, 0.1) is 0 Å². The first-order valence-corrected chi connectivity index (χ1v) is 6.01. The van der Waals surface area contributed by atoms with E-state index in [1.165, 1.54) is 0 Å². The number of aliphatic hydroxyl groups excluding tert-OH is 5. The average Bonchev–Trinajstić information content (AvgIpc) is 2.30. The highest BCUT2D eigenvalue weighted by Crippen LogP contribution is 2.24. The van der Waals surface area contributed by atoms with Crippen molar-refractivity contribution < 1.29 is 35.1 Å². The third-order valence-electron chi connectivity index (χ3n) is 2.15. The Bertz CT molecular complexity index is 296. The van der Waals surface area contributed by atoms with Crippen LogP contribution >= 0.6 is 34.8 Å². The molecule has 1 heterocycles. The number of halogens is 3. The van der Waals surface area contributed by atoms with Gasteiger partial charge in [-0.1, -0.05) is 34.8 Å². The van der Waals surface area contributed by atoms with E-state index in [0.717, 1.165) is 0 Å². The Morgan fingerprint density at radius 2 is 1.53 bits per heavy atom. The quantitative estimate of drug-likeness (QED) is 0.291. The number of rotatable bonds is 1. The van der Waals surface area contributed by atoms with Crippen molar-refractivity contribution in [1.29, 1.82) is 0 Å². The maximum absolute atomic E-state index is 9.85. The van der Waals surface area contributed by atoms with Crippen LogP contribution in [-0.2, 0) is 9.53 Å². The van der Waals surface area contributed by atoms with Gasteiger partial charge in [-0.25, -0.2) is 0 Å².